The van der Waals surface area contributed by atoms with Crippen LogP contribution in [0.1, 0.15) is 31.4 Å². The summed E-state index contributed by atoms with van der Waals surface area (Å²) in [7, 11) is 0. The smallest absolute Gasteiger partial charge is 0.384 e. The Balaban J connectivity index is 2.96. The molecule has 0 radical (unpaired) electrons. The zero-order valence-electron chi connectivity index (χ0n) is 10.8. The summed E-state index contributed by atoms with van der Waals surface area (Å²) in [6.07, 6.45) is -3.55. The molecule has 0 aromatic heterocycles. The van der Waals surface area contributed by atoms with Crippen LogP contribution in [0.2, 0.25) is 0 Å². The van der Waals surface area contributed by atoms with Gasteiger partial charge in [-0.1, -0.05) is 13.8 Å². The minimum Gasteiger partial charge on any atom is -0.384 e. The maximum absolute atomic E-state index is 12.9. The summed E-state index contributed by atoms with van der Waals surface area (Å²) in [6, 6.07) is 3.92. The third kappa shape index (κ3) is 4.78. The van der Waals surface area contributed by atoms with Crippen LogP contribution in [0.4, 0.5) is 13.2 Å². The number of hydrogen-bond acceptors (Lipinski definition) is 2. The highest BCUT2D eigenvalue weighted by molar-refractivity contribution is 7.99. The molecule has 0 fully saturated rings. The van der Waals surface area contributed by atoms with E-state index in [4.69, 9.17) is 11.1 Å². The highest BCUT2D eigenvalue weighted by Crippen LogP contribution is 2.34. The maximum atomic E-state index is 12.9. The van der Waals surface area contributed by atoms with E-state index >= 15 is 0 Å². The molecule has 2 nitrogen and oxygen atoms in total. The summed E-state index contributed by atoms with van der Waals surface area (Å²) in [5.41, 5.74) is 4.08. The number of nitrogens with one attached hydrogen (secondary N) is 1. The molecule has 1 aromatic carbocycles. The molecule has 0 unspecified atom stereocenters. The topological polar surface area (TPSA) is 49.9 Å². The molecule has 0 aliphatic heterocycles. The Kier molecular flexibility index (Phi) is 5.29. The summed E-state index contributed by atoms with van der Waals surface area (Å²) in [5, 5.41) is 7.19. The van der Waals surface area contributed by atoms with Gasteiger partial charge in [0.15, 0.2) is 0 Å². The van der Waals surface area contributed by atoms with Crippen molar-refractivity contribution in [3.63, 3.8) is 0 Å². The lowest BCUT2D eigenvalue weighted by Gasteiger charge is -2.13. The van der Waals surface area contributed by atoms with Gasteiger partial charge in [-0.2, -0.15) is 13.2 Å². The number of nitrogen functional groups attached to an aromatic ring is 1. The molecule has 1 rings (SSSR count). The molecule has 0 heterocycles. The van der Waals surface area contributed by atoms with Gasteiger partial charge in [0.25, 0.3) is 0 Å². The Morgan fingerprint density at radius 2 is 2.00 bits per heavy atom. The zero-order valence-corrected chi connectivity index (χ0v) is 11.7. The normalized spacial score (nSPS) is 11.9. The van der Waals surface area contributed by atoms with Crippen LogP contribution in [0.5, 0.6) is 0 Å². The van der Waals surface area contributed by atoms with Crippen molar-refractivity contribution in [2.24, 2.45) is 11.7 Å². The number of hydrogen-bond donors (Lipinski definition) is 2. The van der Waals surface area contributed by atoms with Crippen LogP contribution in [-0.2, 0) is 6.18 Å². The number of rotatable bonds is 5. The molecule has 0 aliphatic carbocycles. The quantitative estimate of drug-likeness (QED) is 0.486. The Hall–Kier alpha value is -1.17. The molecule has 19 heavy (non-hydrogen) atoms. The van der Waals surface area contributed by atoms with Crippen LogP contribution in [-0.4, -0.2) is 11.6 Å². The highest BCUT2D eigenvalue weighted by Gasteiger charge is 2.34. The fourth-order valence-electron chi connectivity index (χ4n) is 1.50. The first-order valence-corrected chi connectivity index (χ1v) is 6.89. The van der Waals surface area contributed by atoms with Gasteiger partial charge in [-0.15, -0.1) is 11.8 Å². The van der Waals surface area contributed by atoms with E-state index in [0.717, 1.165) is 18.2 Å². The van der Waals surface area contributed by atoms with Crippen molar-refractivity contribution in [2.75, 3.05) is 5.75 Å². The van der Waals surface area contributed by atoms with E-state index in [0.29, 0.717) is 10.8 Å². The van der Waals surface area contributed by atoms with Crippen molar-refractivity contribution in [1.82, 2.24) is 0 Å². The standard InChI is InChI=1S/C13H17F3N2S/c1-8(2)5-6-19-9-3-4-10(12(17)18)11(7-9)13(14,15)16/h3-4,7-8H,5-6H2,1-2H3,(H3,17,18). The van der Waals surface area contributed by atoms with Gasteiger partial charge < -0.3 is 5.73 Å². The van der Waals surface area contributed by atoms with Crippen LogP contribution in [0.25, 0.3) is 0 Å². The summed E-state index contributed by atoms with van der Waals surface area (Å²) in [4.78, 5) is 0.554. The number of thioether (sulfide) groups is 1. The van der Waals surface area contributed by atoms with Gasteiger partial charge in [-0.25, -0.2) is 0 Å². The van der Waals surface area contributed by atoms with Crippen LogP contribution in [0.15, 0.2) is 23.1 Å². The molecule has 0 spiro atoms. The third-order valence-corrected chi connectivity index (χ3v) is 3.58. The average molecular weight is 290 g/mol. The third-order valence-electron chi connectivity index (χ3n) is 2.55. The van der Waals surface area contributed by atoms with Crippen LogP contribution in [0, 0.1) is 11.3 Å². The molecule has 6 heteroatoms. The number of nitrogens with two attached hydrogens (primary N) is 1. The van der Waals surface area contributed by atoms with E-state index in [-0.39, 0.29) is 5.56 Å². The predicted molar refractivity (Wildman–Crippen MR) is 72.6 cm³/mol. The molecule has 0 saturated carbocycles. The second kappa shape index (κ2) is 6.32. The minimum absolute atomic E-state index is 0.263. The maximum Gasteiger partial charge on any atom is 0.417 e. The van der Waals surface area contributed by atoms with Gasteiger partial charge in [0.1, 0.15) is 5.84 Å². The molecule has 0 saturated heterocycles. The van der Waals surface area contributed by atoms with Gasteiger partial charge in [-0.05, 0) is 36.3 Å². The Morgan fingerprint density at radius 3 is 2.47 bits per heavy atom. The lowest BCUT2D eigenvalue weighted by molar-refractivity contribution is -0.137. The average Bonchev–Trinajstić information content (AvgIpc) is 2.27. The fourth-order valence-corrected chi connectivity index (χ4v) is 2.69. The van der Waals surface area contributed by atoms with Gasteiger partial charge in [0, 0.05) is 10.5 Å². The lowest BCUT2D eigenvalue weighted by Crippen LogP contribution is -2.18. The van der Waals surface area contributed by atoms with Crippen LogP contribution < -0.4 is 5.73 Å². The second-order valence-electron chi connectivity index (χ2n) is 4.65. The molecular weight excluding hydrogens is 273 g/mol. The van der Waals surface area contributed by atoms with Crippen molar-refractivity contribution in [2.45, 2.75) is 31.3 Å². The van der Waals surface area contributed by atoms with E-state index in [9.17, 15) is 13.2 Å². The van der Waals surface area contributed by atoms with E-state index in [1.165, 1.54) is 17.8 Å². The first kappa shape index (κ1) is 15.9. The van der Waals surface area contributed by atoms with Crippen LogP contribution >= 0.6 is 11.8 Å². The van der Waals surface area contributed by atoms with Gasteiger partial charge >= 0.3 is 6.18 Å². The summed E-state index contributed by atoms with van der Waals surface area (Å²) in [6.45, 7) is 4.14. The molecular formula is C13H17F3N2S. The van der Waals surface area contributed by atoms with Crippen molar-refractivity contribution >= 4 is 17.6 Å². The molecule has 0 bridgehead atoms. The van der Waals surface area contributed by atoms with E-state index in [1.807, 2.05) is 0 Å². The van der Waals surface area contributed by atoms with Gasteiger partial charge in [-0.3, -0.25) is 5.41 Å². The van der Waals surface area contributed by atoms with Crippen molar-refractivity contribution < 1.29 is 13.2 Å². The van der Waals surface area contributed by atoms with Crippen molar-refractivity contribution in [3.05, 3.63) is 29.3 Å². The Labute approximate surface area is 115 Å². The number of halogens is 3. The van der Waals surface area contributed by atoms with Crippen molar-refractivity contribution in [1.29, 1.82) is 5.41 Å². The predicted octanol–water partition coefficient (Wildman–Crippen LogP) is 4.13. The van der Waals surface area contributed by atoms with Crippen molar-refractivity contribution in [3.8, 4) is 0 Å². The van der Waals surface area contributed by atoms with E-state index in [1.54, 1.807) is 6.07 Å². The first-order chi connectivity index (χ1) is 8.71. The first-order valence-electron chi connectivity index (χ1n) is 5.90. The highest BCUT2D eigenvalue weighted by atomic mass is 32.2. The number of alkyl halides is 3. The van der Waals surface area contributed by atoms with Crippen LogP contribution in [0.3, 0.4) is 0 Å². The SMILES string of the molecule is CC(C)CCSc1ccc(C(=N)N)c(C(F)(F)F)c1. The minimum atomic E-state index is -4.49. The Bertz CT molecular complexity index is 456. The largest absolute Gasteiger partial charge is 0.417 e. The Morgan fingerprint density at radius 1 is 1.37 bits per heavy atom. The van der Waals surface area contributed by atoms with Gasteiger partial charge in [0.05, 0.1) is 5.56 Å². The monoisotopic (exact) mass is 290 g/mol. The fraction of sp³-hybridized carbons (Fsp3) is 0.462. The molecule has 1 aromatic rings. The van der Waals surface area contributed by atoms with E-state index < -0.39 is 17.6 Å². The second-order valence-corrected chi connectivity index (χ2v) is 5.82. The lowest BCUT2D eigenvalue weighted by atomic mass is 10.1. The molecule has 0 atom stereocenters. The molecule has 106 valence electrons. The van der Waals surface area contributed by atoms with Gasteiger partial charge in [0.2, 0.25) is 0 Å². The number of amidine groups is 1. The zero-order chi connectivity index (χ0) is 14.6. The number of benzene rings is 1. The molecule has 0 aliphatic rings. The summed E-state index contributed by atoms with van der Waals surface area (Å²) in [5.74, 6) is 0.728. The summed E-state index contributed by atoms with van der Waals surface area (Å²) >= 11 is 1.39. The summed E-state index contributed by atoms with van der Waals surface area (Å²) < 4.78 is 38.6. The van der Waals surface area contributed by atoms with E-state index in [2.05, 4.69) is 13.8 Å². The molecule has 0 amide bonds. The molecule has 3 N–H and O–H groups in total.